The van der Waals surface area contributed by atoms with Gasteiger partial charge in [0, 0.05) is 17.0 Å². The van der Waals surface area contributed by atoms with Crippen molar-refractivity contribution in [3.05, 3.63) is 56.9 Å². The molecule has 2 atom stereocenters. The Hall–Kier alpha value is -3.76. The van der Waals surface area contributed by atoms with Gasteiger partial charge in [-0.15, -0.1) is 0 Å². The lowest BCUT2D eigenvalue weighted by atomic mass is 9.86. The molecule has 35 heavy (non-hydrogen) atoms. The standard InChI is InChI=1S/C23H21N3O7.C2H6/c1-32-11-4-10-2-3-15(25-19(28)8-27)13-7-16(24-18(5-11)20(10)13)17-6-12-14(22(30)26-17)9-33-23(31)21(12)29;1-2/h4-7,15,21,27,29H,2-3,8-9H2,1H3,(H,25,28)(H,26,30);1-2H3. The number of methoxy groups -OCH3 is 1. The van der Waals surface area contributed by atoms with Crippen molar-refractivity contribution >= 4 is 22.8 Å². The molecule has 2 aliphatic rings. The lowest BCUT2D eigenvalue weighted by Gasteiger charge is -2.27. The van der Waals surface area contributed by atoms with Crippen molar-refractivity contribution < 1.29 is 29.3 Å². The Balaban J connectivity index is 0.00000141. The van der Waals surface area contributed by atoms with Crippen LogP contribution in [0.1, 0.15) is 54.7 Å². The summed E-state index contributed by atoms with van der Waals surface area (Å²) in [6.07, 6.45) is -0.269. The Morgan fingerprint density at radius 3 is 2.71 bits per heavy atom. The van der Waals surface area contributed by atoms with Gasteiger partial charge >= 0.3 is 5.97 Å². The van der Waals surface area contributed by atoms with E-state index in [0.29, 0.717) is 35.5 Å². The van der Waals surface area contributed by atoms with Crippen LogP contribution in [0.3, 0.4) is 0 Å². The smallest absolute Gasteiger partial charge is 0.340 e. The number of ether oxygens (including phenoxy) is 2. The van der Waals surface area contributed by atoms with Gasteiger partial charge in [0.2, 0.25) is 5.91 Å². The Kier molecular flexibility index (Phi) is 6.86. The molecule has 5 rings (SSSR count). The van der Waals surface area contributed by atoms with Crippen molar-refractivity contribution in [1.82, 2.24) is 15.3 Å². The summed E-state index contributed by atoms with van der Waals surface area (Å²) >= 11 is 0. The highest BCUT2D eigenvalue weighted by molar-refractivity contribution is 5.91. The van der Waals surface area contributed by atoms with Gasteiger partial charge in [-0.25, -0.2) is 9.78 Å². The predicted molar refractivity (Wildman–Crippen MR) is 127 cm³/mol. The van der Waals surface area contributed by atoms with Gasteiger partial charge in [-0.2, -0.15) is 0 Å². The SMILES string of the molecule is CC.COc1cc2c3c(cc(-c4cc5c(c(=O)[nH]4)COC(=O)C5O)nc3c1)C(NC(=O)CO)CC2. The molecule has 10 nitrogen and oxygen atoms in total. The molecule has 0 saturated heterocycles. The second kappa shape index (κ2) is 9.85. The number of aromatic amines is 1. The first-order valence-corrected chi connectivity index (χ1v) is 11.4. The number of hydrogen-bond donors (Lipinski definition) is 4. The normalized spacial score (nSPS) is 18.1. The number of cyclic esters (lactones) is 1. The highest BCUT2D eigenvalue weighted by Gasteiger charge is 2.31. The molecule has 0 radical (unpaired) electrons. The molecular weight excluding hydrogens is 454 g/mol. The molecule has 1 aromatic carbocycles. The van der Waals surface area contributed by atoms with Crippen molar-refractivity contribution in [2.45, 2.75) is 45.4 Å². The first kappa shape index (κ1) is 24.4. The Bertz CT molecular complexity index is 1370. The summed E-state index contributed by atoms with van der Waals surface area (Å²) in [6.45, 7) is 3.16. The lowest BCUT2D eigenvalue weighted by Crippen LogP contribution is -2.32. The van der Waals surface area contributed by atoms with Crippen LogP contribution < -0.4 is 15.6 Å². The summed E-state index contributed by atoms with van der Waals surface area (Å²) in [7, 11) is 1.56. The number of aliphatic hydroxyl groups excluding tert-OH is 2. The van der Waals surface area contributed by atoms with E-state index in [2.05, 4.69) is 10.3 Å². The molecule has 1 aliphatic heterocycles. The number of nitrogens with one attached hydrogen (secondary N) is 2. The highest BCUT2D eigenvalue weighted by Crippen LogP contribution is 2.39. The highest BCUT2D eigenvalue weighted by atomic mass is 16.5. The number of benzene rings is 1. The number of carbonyl (C=O) groups excluding carboxylic acids is 2. The molecule has 4 N–H and O–H groups in total. The molecule has 2 unspecified atom stereocenters. The van der Waals surface area contributed by atoms with Gasteiger partial charge in [0.25, 0.3) is 5.56 Å². The van der Waals surface area contributed by atoms with E-state index in [0.717, 1.165) is 16.5 Å². The summed E-state index contributed by atoms with van der Waals surface area (Å²) < 4.78 is 10.3. The van der Waals surface area contributed by atoms with Crippen LogP contribution in [-0.2, 0) is 27.4 Å². The number of pyridine rings is 2. The van der Waals surface area contributed by atoms with Crippen LogP contribution in [0.5, 0.6) is 5.75 Å². The van der Waals surface area contributed by atoms with Gasteiger partial charge < -0.3 is 30.0 Å². The number of aromatic nitrogens is 2. The van der Waals surface area contributed by atoms with Crippen molar-refractivity contribution in [2.24, 2.45) is 0 Å². The van der Waals surface area contributed by atoms with Gasteiger partial charge in [-0.3, -0.25) is 9.59 Å². The molecule has 0 spiro atoms. The Morgan fingerprint density at radius 1 is 1.23 bits per heavy atom. The molecule has 1 amide bonds. The van der Waals surface area contributed by atoms with Gasteiger partial charge in [0.1, 0.15) is 19.0 Å². The largest absolute Gasteiger partial charge is 0.497 e. The summed E-state index contributed by atoms with van der Waals surface area (Å²) in [5.74, 6) is -0.683. The van der Waals surface area contributed by atoms with Gasteiger partial charge in [0.15, 0.2) is 6.10 Å². The number of carbonyl (C=O) groups is 2. The van der Waals surface area contributed by atoms with Crippen molar-refractivity contribution in [2.75, 3.05) is 13.7 Å². The maximum absolute atomic E-state index is 12.7. The van der Waals surface area contributed by atoms with E-state index in [-0.39, 0.29) is 23.8 Å². The van der Waals surface area contributed by atoms with Crippen LogP contribution in [0.25, 0.3) is 22.3 Å². The molecule has 3 heterocycles. The van der Waals surface area contributed by atoms with E-state index in [1.54, 1.807) is 19.2 Å². The molecular formula is C25H27N3O7. The summed E-state index contributed by atoms with van der Waals surface area (Å²) in [5.41, 5.74) is 3.01. The number of rotatable bonds is 4. The number of nitrogens with zero attached hydrogens (tertiary/aromatic N) is 1. The fourth-order valence-electron chi connectivity index (χ4n) is 4.52. The van der Waals surface area contributed by atoms with Crippen LogP contribution in [0.2, 0.25) is 0 Å². The van der Waals surface area contributed by atoms with Crippen LogP contribution in [0.4, 0.5) is 0 Å². The number of H-pyrrole nitrogens is 1. The number of hydrogen-bond acceptors (Lipinski definition) is 8. The zero-order chi connectivity index (χ0) is 25.3. The Morgan fingerprint density at radius 2 is 2.00 bits per heavy atom. The van der Waals surface area contributed by atoms with Gasteiger partial charge in [-0.1, -0.05) is 13.8 Å². The fraction of sp³-hybridized carbons (Fsp3) is 0.360. The first-order chi connectivity index (χ1) is 16.9. The molecule has 10 heteroatoms. The number of aliphatic hydroxyl groups is 2. The maximum Gasteiger partial charge on any atom is 0.340 e. The second-order valence-corrected chi connectivity index (χ2v) is 8.05. The third kappa shape index (κ3) is 4.38. The van der Waals surface area contributed by atoms with E-state index >= 15 is 0 Å². The molecule has 184 valence electrons. The third-order valence-corrected chi connectivity index (χ3v) is 6.11. The molecule has 0 saturated carbocycles. The zero-order valence-corrected chi connectivity index (χ0v) is 19.7. The van der Waals surface area contributed by atoms with Crippen LogP contribution in [-0.4, -0.2) is 45.8 Å². The number of esters is 1. The van der Waals surface area contributed by atoms with E-state index in [1.807, 2.05) is 19.9 Å². The molecule has 1 aliphatic carbocycles. The van der Waals surface area contributed by atoms with E-state index < -0.39 is 30.1 Å². The zero-order valence-electron chi connectivity index (χ0n) is 19.7. The van der Waals surface area contributed by atoms with Crippen molar-refractivity contribution in [1.29, 1.82) is 0 Å². The number of fused-ring (bicyclic) bond motifs is 1. The average Bonchev–Trinajstić information content (AvgIpc) is 2.88. The van der Waals surface area contributed by atoms with E-state index in [1.165, 1.54) is 6.07 Å². The molecule has 0 fully saturated rings. The van der Waals surface area contributed by atoms with E-state index in [9.17, 15) is 24.6 Å². The number of aryl methyl sites for hydroxylation is 1. The molecule has 3 aromatic rings. The van der Waals surface area contributed by atoms with Crippen LogP contribution >= 0.6 is 0 Å². The third-order valence-electron chi connectivity index (χ3n) is 6.11. The van der Waals surface area contributed by atoms with E-state index in [4.69, 9.17) is 14.5 Å². The van der Waals surface area contributed by atoms with Gasteiger partial charge in [0.05, 0.1) is 35.6 Å². The predicted octanol–water partition coefficient (Wildman–Crippen LogP) is 1.81. The molecule has 0 bridgehead atoms. The van der Waals surface area contributed by atoms with Crippen molar-refractivity contribution in [3.63, 3.8) is 0 Å². The quantitative estimate of drug-likeness (QED) is 0.412. The number of amides is 1. The second-order valence-electron chi connectivity index (χ2n) is 8.05. The first-order valence-electron chi connectivity index (χ1n) is 11.4. The molecule has 2 aromatic heterocycles. The van der Waals surface area contributed by atoms with Gasteiger partial charge in [-0.05, 0) is 42.2 Å². The summed E-state index contributed by atoms with van der Waals surface area (Å²) in [4.78, 5) is 43.8. The van der Waals surface area contributed by atoms with Crippen LogP contribution in [0.15, 0.2) is 29.1 Å². The van der Waals surface area contributed by atoms with Crippen molar-refractivity contribution in [3.8, 4) is 17.1 Å². The van der Waals surface area contributed by atoms with Crippen LogP contribution in [0, 0.1) is 0 Å². The topological polar surface area (TPSA) is 151 Å². The fourth-order valence-corrected chi connectivity index (χ4v) is 4.52. The summed E-state index contributed by atoms with van der Waals surface area (Å²) in [6, 6.07) is 6.63. The minimum Gasteiger partial charge on any atom is -0.497 e. The minimum absolute atomic E-state index is 0.178. The summed E-state index contributed by atoms with van der Waals surface area (Å²) in [5, 5.41) is 23.2. The lowest BCUT2D eigenvalue weighted by molar-refractivity contribution is -0.157. The average molecular weight is 482 g/mol. The monoisotopic (exact) mass is 481 g/mol. The maximum atomic E-state index is 12.7. The Labute approximate surface area is 200 Å². The minimum atomic E-state index is -1.56.